The second-order valence-electron chi connectivity index (χ2n) is 16.1. The second kappa shape index (κ2) is 35.7. The standard InChI is InChI=1S/C41H74N2O7.C7H5N3S/c1-6-8-10-12-14-16-18-35(3)32-40(44)49-30-28-47-25-23-43(38-20-21-39(42)37(5)34-38)22-24-46-26-27-48-29-31-50-41(45)33-36(4)19-17-15-13-11-9-7-2;1-4-5(2-8)7(10)11-6(4)3-9/h20-21,34-36H,6-19,22-33,42H2,1-5H3;10H2,1H3. The van der Waals surface area contributed by atoms with Crippen molar-refractivity contribution >= 4 is 39.7 Å². The number of nitrogens with two attached hydrogens (primary N) is 2. The molecule has 1 aromatic carbocycles. The highest BCUT2D eigenvalue weighted by Crippen LogP contribution is 2.28. The fourth-order valence-corrected chi connectivity index (χ4v) is 7.47. The predicted octanol–water partition coefficient (Wildman–Crippen LogP) is 10.5. The van der Waals surface area contributed by atoms with Crippen molar-refractivity contribution in [1.82, 2.24) is 0 Å². The number of benzene rings is 1. The molecule has 0 bridgehead atoms. The molecule has 0 radical (unpaired) electrons. The van der Waals surface area contributed by atoms with Crippen molar-refractivity contribution in [3.05, 3.63) is 39.8 Å². The van der Waals surface area contributed by atoms with Crippen molar-refractivity contribution in [2.24, 2.45) is 11.8 Å². The van der Waals surface area contributed by atoms with Gasteiger partial charge in [0.05, 0.1) is 45.2 Å². The molecule has 2 aromatic rings. The number of hydrogen-bond donors (Lipinski definition) is 2. The van der Waals surface area contributed by atoms with E-state index in [1.165, 1.54) is 77.0 Å². The summed E-state index contributed by atoms with van der Waals surface area (Å²) in [5.41, 5.74) is 15.5. The molecule has 61 heavy (non-hydrogen) atoms. The van der Waals surface area contributed by atoms with E-state index in [9.17, 15) is 9.59 Å². The van der Waals surface area contributed by atoms with Gasteiger partial charge in [0.15, 0.2) is 0 Å². The third-order valence-corrected chi connectivity index (χ3v) is 11.5. The summed E-state index contributed by atoms with van der Waals surface area (Å²) in [7, 11) is 0. The Bertz CT molecular complexity index is 1560. The van der Waals surface area contributed by atoms with Crippen LogP contribution in [0.5, 0.6) is 0 Å². The number of thiophene rings is 1. The summed E-state index contributed by atoms with van der Waals surface area (Å²) in [5, 5.41) is 17.6. The fraction of sp³-hybridized carbons (Fsp3) is 0.708. The maximum absolute atomic E-state index is 12.2. The fourth-order valence-electron chi connectivity index (χ4n) is 6.65. The van der Waals surface area contributed by atoms with Gasteiger partial charge in [-0.15, -0.1) is 11.3 Å². The Morgan fingerprint density at radius 2 is 1.13 bits per heavy atom. The molecule has 2 atom stereocenters. The van der Waals surface area contributed by atoms with Crippen LogP contribution in [0.1, 0.15) is 152 Å². The summed E-state index contributed by atoms with van der Waals surface area (Å²) >= 11 is 1.16. The Kier molecular flexibility index (Phi) is 32.3. The Hall–Kier alpha value is -3.88. The van der Waals surface area contributed by atoms with Crippen molar-refractivity contribution in [2.75, 3.05) is 82.3 Å². The third kappa shape index (κ3) is 26.9. The average Bonchev–Trinajstić information content (AvgIpc) is 3.52. The molecule has 1 heterocycles. The lowest BCUT2D eigenvalue weighted by Gasteiger charge is -2.25. The maximum Gasteiger partial charge on any atom is 0.306 e. The first-order chi connectivity index (χ1) is 29.5. The normalized spacial score (nSPS) is 11.8. The number of carbonyl (C=O) groups is 2. The van der Waals surface area contributed by atoms with Crippen LogP contribution in [-0.4, -0.2) is 77.9 Å². The van der Waals surface area contributed by atoms with Crippen LogP contribution in [0.2, 0.25) is 0 Å². The largest absolute Gasteiger partial charge is 0.463 e. The molecule has 344 valence electrons. The molecular formula is C48H79N5O7S. The van der Waals surface area contributed by atoms with E-state index in [0.29, 0.717) is 98.4 Å². The summed E-state index contributed by atoms with van der Waals surface area (Å²) in [6, 6.07) is 9.93. The highest BCUT2D eigenvalue weighted by molar-refractivity contribution is 7.16. The first-order valence-corrected chi connectivity index (χ1v) is 23.6. The summed E-state index contributed by atoms with van der Waals surface area (Å²) in [6.45, 7) is 17.0. The summed E-state index contributed by atoms with van der Waals surface area (Å²) in [4.78, 5) is 27.1. The Balaban J connectivity index is 0.00000145. The van der Waals surface area contributed by atoms with Crippen LogP contribution in [0.4, 0.5) is 16.4 Å². The van der Waals surface area contributed by atoms with Crippen molar-refractivity contribution < 1.29 is 33.3 Å². The highest BCUT2D eigenvalue weighted by Gasteiger charge is 2.13. The van der Waals surface area contributed by atoms with Gasteiger partial charge < -0.3 is 40.1 Å². The van der Waals surface area contributed by atoms with Crippen molar-refractivity contribution in [1.29, 1.82) is 10.5 Å². The highest BCUT2D eigenvalue weighted by atomic mass is 32.1. The van der Waals surface area contributed by atoms with Gasteiger partial charge in [0.2, 0.25) is 0 Å². The van der Waals surface area contributed by atoms with E-state index in [2.05, 4.69) is 38.7 Å². The van der Waals surface area contributed by atoms with E-state index >= 15 is 0 Å². The molecule has 13 heteroatoms. The lowest BCUT2D eigenvalue weighted by atomic mass is 9.99. The number of hydrogen-bond acceptors (Lipinski definition) is 13. The minimum absolute atomic E-state index is 0.142. The number of ether oxygens (including phenoxy) is 5. The molecule has 0 saturated carbocycles. The van der Waals surface area contributed by atoms with Gasteiger partial charge in [-0.2, -0.15) is 10.5 Å². The molecule has 0 saturated heterocycles. The van der Waals surface area contributed by atoms with Gasteiger partial charge >= 0.3 is 11.9 Å². The van der Waals surface area contributed by atoms with Gasteiger partial charge in [-0.3, -0.25) is 9.59 Å². The molecule has 0 aliphatic carbocycles. The molecule has 0 aliphatic heterocycles. The van der Waals surface area contributed by atoms with Crippen molar-refractivity contribution in [3.63, 3.8) is 0 Å². The molecule has 2 rings (SSSR count). The summed E-state index contributed by atoms with van der Waals surface area (Å²) < 4.78 is 28.0. The number of nitriles is 2. The minimum Gasteiger partial charge on any atom is -0.463 e. The van der Waals surface area contributed by atoms with Crippen molar-refractivity contribution in [3.8, 4) is 12.1 Å². The van der Waals surface area contributed by atoms with Gasteiger partial charge in [-0.05, 0) is 55.0 Å². The van der Waals surface area contributed by atoms with Gasteiger partial charge in [0.25, 0.3) is 0 Å². The van der Waals surface area contributed by atoms with Gasteiger partial charge in [-0.1, -0.05) is 118 Å². The zero-order valence-electron chi connectivity index (χ0n) is 38.5. The number of unbranched alkanes of at least 4 members (excludes halogenated alkanes) is 10. The molecule has 0 aliphatic rings. The first kappa shape index (κ1) is 55.1. The lowest BCUT2D eigenvalue weighted by molar-refractivity contribution is -0.147. The number of rotatable bonds is 34. The number of aryl methyl sites for hydroxylation is 1. The average molecular weight is 870 g/mol. The molecule has 4 N–H and O–H groups in total. The zero-order chi connectivity index (χ0) is 45.1. The molecule has 0 fully saturated rings. The van der Waals surface area contributed by atoms with E-state index in [0.717, 1.165) is 41.1 Å². The SMILES string of the molecule is CCCCCCCCC(C)CC(=O)OCCOCCOCCN(CCOCCOC(=O)CC(C)CCCCCCCC)c1ccc(N)c(C)c1.Cc1c(C#N)sc(N)c1C#N. The van der Waals surface area contributed by atoms with Crippen LogP contribution in [-0.2, 0) is 33.3 Å². The van der Waals surface area contributed by atoms with Gasteiger partial charge in [0.1, 0.15) is 35.2 Å². The summed E-state index contributed by atoms with van der Waals surface area (Å²) in [5.74, 6) is 0.421. The Morgan fingerprint density at radius 3 is 1.56 bits per heavy atom. The monoisotopic (exact) mass is 870 g/mol. The van der Waals surface area contributed by atoms with E-state index in [-0.39, 0.29) is 25.2 Å². The number of anilines is 3. The predicted molar refractivity (Wildman–Crippen MR) is 249 cm³/mol. The molecular weight excluding hydrogens is 791 g/mol. The van der Waals surface area contributed by atoms with E-state index in [1.807, 2.05) is 31.2 Å². The minimum atomic E-state index is -0.143. The lowest BCUT2D eigenvalue weighted by Crippen LogP contribution is -2.31. The number of carbonyl (C=O) groups excluding carboxylic acids is 2. The van der Waals surface area contributed by atoms with Crippen LogP contribution < -0.4 is 16.4 Å². The Labute approximate surface area is 372 Å². The van der Waals surface area contributed by atoms with Crippen LogP contribution in [0.3, 0.4) is 0 Å². The molecule has 12 nitrogen and oxygen atoms in total. The molecule has 2 unspecified atom stereocenters. The second-order valence-corrected chi connectivity index (χ2v) is 17.1. The number of esters is 2. The smallest absolute Gasteiger partial charge is 0.306 e. The molecule has 0 spiro atoms. The number of nitrogen functional groups attached to an aromatic ring is 2. The topological polar surface area (TPSA) is 183 Å². The maximum atomic E-state index is 12.2. The Morgan fingerprint density at radius 1 is 0.672 bits per heavy atom. The van der Waals surface area contributed by atoms with E-state index in [4.69, 9.17) is 45.7 Å². The van der Waals surface area contributed by atoms with Gasteiger partial charge in [-0.25, -0.2) is 0 Å². The number of nitrogens with zero attached hydrogens (tertiary/aromatic N) is 3. The van der Waals surface area contributed by atoms with Crippen molar-refractivity contribution in [2.45, 2.75) is 144 Å². The van der Waals surface area contributed by atoms with Crippen LogP contribution in [0, 0.1) is 48.3 Å². The van der Waals surface area contributed by atoms with E-state index in [1.54, 1.807) is 6.92 Å². The molecule has 1 aromatic heterocycles. The van der Waals surface area contributed by atoms with Crippen LogP contribution in [0.15, 0.2) is 18.2 Å². The molecule has 0 amide bonds. The van der Waals surface area contributed by atoms with Gasteiger partial charge in [0, 0.05) is 37.3 Å². The third-order valence-electron chi connectivity index (χ3n) is 10.5. The van der Waals surface area contributed by atoms with Crippen LogP contribution in [0.25, 0.3) is 0 Å². The van der Waals surface area contributed by atoms with E-state index < -0.39 is 0 Å². The van der Waals surface area contributed by atoms with Crippen LogP contribution >= 0.6 is 11.3 Å². The quantitative estimate of drug-likeness (QED) is 0.0386. The summed E-state index contributed by atoms with van der Waals surface area (Å²) in [6.07, 6.45) is 18.3. The first-order valence-electron chi connectivity index (χ1n) is 22.8. The zero-order valence-corrected chi connectivity index (χ0v) is 39.4.